The predicted octanol–water partition coefficient (Wildman–Crippen LogP) is 2.12. The summed E-state index contributed by atoms with van der Waals surface area (Å²) >= 11 is 0. The molecule has 2 rings (SSSR count). The molecule has 0 fully saturated rings. The average molecular weight is 244 g/mol. The SMILES string of the molecule is Cc1cc(CC(CO)Cc2ccccc2)n(C)n1. The van der Waals surface area contributed by atoms with Crippen LogP contribution in [-0.2, 0) is 19.9 Å². The molecule has 0 saturated heterocycles. The lowest BCUT2D eigenvalue weighted by atomic mass is 9.95. The van der Waals surface area contributed by atoms with E-state index in [1.807, 2.05) is 36.9 Å². The Morgan fingerprint density at radius 3 is 2.50 bits per heavy atom. The Kier molecular flexibility index (Phi) is 4.15. The molecular weight excluding hydrogens is 224 g/mol. The molecule has 0 spiro atoms. The minimum absolute atomic E-state index is 0.207. The normalized spacial score (nSPS) is 12.6. The molecule has 1 atom stereocenters. The summed E-state index contributed by atoms with van der Waals surface area (Å²) in [5.41, 5.74) is 3.49. The molecule has 1 aromatic carbocycles. The van der Waals surface area contributed by atoms with Gasteiger partial charge in [-0.15, -0.1) is 0 Å². The lowest BCUT2D eigenvalue weighted by Gasteiger charge is -2.14. The molecule has 1 aromatic heterocycles. The fourth-order valence-corrected chi connectivity index (χ4v) is 2.30. The summed E-state index contributed by atoms with van der Waals surface area (Å²) in [6.07, 6.45) is 1.77. The number of aliphatic hydroxyl groups excluding tert-OH is 1. The highest BCUT2D eigenvalue weighted by atomic mass is 16.3. The van der Waals surface area contributed by atoms with Gasteiger partial charge >= 0.3 is 0 Å². The predicted molar refractivity (Wildman–Crippen MR) is 72.4 cm³/mol. The van der Waals surface area contributed by atoms with Crippen molar-refractivity contribution in [2.24, 2.45) is 13.0 Å². The summed E-state index contributed by atoms with van der Waals surface area (Å²) in [4.78, 5) is 0. The summed E-state index contributed by atoms with van der Waals surface area (Å²) in [5.74, 6) is 0.252. The van der Waals surface area contributed by atoms with E-state index in [2.05, 4.69) is 23.3 Å². The minimum atomic E-state index is 0.207. The first-order valence-corrected chi connectivity index (χ1v) is 6.33. The lowest BCUT2D eigenvalue weighted by molar-refractivity contribution is 0.223. The molecule has 0 aliphatic heterocycles. The largest absolute Gasteiger partial charge is 0.396 e. The molecular formula is C15H20N2O. The van der Waals surface area contributed by atoms with Crippen LogP contribution in [0.25, 0.3) is 0 Å². The summed E-state index contributed by atoms with van der Waals surface area (Å²) < 4.78 is 1.91. The summed E-state index contributed by atoms with van der Waals surface area (Å²) in [7, 11) is 1.96. The number of hydrogen-bond acceptors (Lipinski definition) is 2. The van der Waals surface area contributed by atoms with Gasteiger partial charge in [0.15, 0.2) is 0 Å². The number of aryl methyl sites for hydroxylation is 2. The van der Waals surface area contributed by atoms with Crippen LogP contribution in [-0.4, -0.2) is 21.5 Å². The van der Waals surface area contributed by atoms with Gasteiger partial charge in [-0.05, 0) is 37.3 Å². The highest BCUT2D eigenvalue weighted by Gasteiger charge is 2.12. The number of hydrogen-bond donors (Lipinski definition) is 1. The quantitative estimate of drug-likeness (QED) is 0.875. The van der Waals surface area contributed by atoms with Gasteiger partial charge in [-0.2, -0.15) is 5.10 Å². The Hall–Kier alpha value is -1.61. The molecule has 3 nitrogen and oxygen atoms in total. The van der Waals surface area contributed by atoms with Crippen LogP contribution < -0.4 is 0 Å². The number of aliphatic hydroxyl groups is 1. The van der Waals surface area contributed by atoms with Crippen LogP contribution in [0.2, 0.25) is 0 Å². The maximum atomic E-state index is 9.52. The Labute approximate surface area is 108 Å². The maximum Gasteiger partial charge on any atom is 0.0596 e. The molecule has 0 saturated carbocycles. The Bertz CT molecular complexity index is 490. The van der Waals surface area contributed by atoms with Crippen molar-refractivity contribution in [3.8, 4) is 0 Å². The third-order valence-electron chi connectivity index (χ3n) is 3.22. The average Bonchev–Trinajstić information content (AvgIpc) is 2.68. The Morgan fingerprint density at radius 2 is 1.94 bits per heavy atom. The molecule has 3 heteroatoms. The van der Waals surface area contributed by atoms with Crippen LogP contribution in [0.4, 0.5) is 0 Å². The highest BCUT2D eigenvalue weighted by molar-refractivity contribution is 5.16. The van der Waals surface area contributed by atoms with Gasteiger partial charge in [-0.3, -0.25) is 4.68 Å². The molecule has 18 heavy (non-hydrogen) atoms. The van der Waals surface area contributed by atoms with Crippen molar-refractivity contribution in [1.82, 2.24) is 9.78 Å². The number of aromatic nitrogens is 2. The topological polar surface area (TPSA) is 38.0 Å². The summed E-state index contributed by atoms with van der Waals surface area (Å²) in [6, 6.07) is 12.4. The smallest absolute Gasteiger partial charge is 0.0596 e. The fraction of sp³-hybridized carbons (Fsp3) is 0.400. The number of benzene rings is 1. The number of nitrogens with zero attached hydrogens (tertiary/aromatic N) is 2. The van der Waals surface area contributed by atoms with Crippen molar-refractivity contribution in [3.05, 3.63) is 53.3 Å². The van der Waals surface area contributed by atoms with E-state index >= 15 is 0 Å². The van der Waals surface area contributed by atoms with Gasteiger partial charge in [0.25, 0.3) is 0 Å². The molecule has 0 radical (unpaired) electrons. The van der Waals surface area contributed by atoms with Crippen LogP contribution in [0.1, 0.15) is 17.0 Å². The molecule has 1 N–H and O–H groups in total. The Morgan fingerprint density at radius 1 is 1.22 bits per heavy atom. The van der Waals surface area contributed by atoms with E-state index in [-0.39, 0.29) is 12.5 Å². The van der Waals surface area contributed by atoms with Crippen LogP contribution in [0, 0.1) is 12.8 Å². The fourth-order valence-electron chi connectivity index (χ4n) is 2.30. The van der Waals surface area contributed by atoms with Gasteiger partial charge in [-0.25, -0.2) is 0 Å². The molecule has 0 bridgehead atoms. The zero-order chi connectivity index (χ0) is 13.0. The third-order valence-corrected chi connectivity index (χ3v) is 3.22. The van der Waals surface area contributed by atoms with Crippen molar-refractivity contribution in [3.63, 3.8) is 0 Å². The van der Waals surface area contributed by atoms with Gasteiger partial charge in [0.05, 0.1) is 5.69 Å². The van der Waals surface area contributed by atoms with Crippen molar-refractivity contribution in [2.75, 3.05) is 6.61 Å². The van der Waals surface area contributed by atoms with Gasteiger partial charge in [-0.1, -0.05) is 30.3 Å². The molecule has 0 amide bonds. The third kappa shape index (κ3) is 3.20. The second kappa shape index (κ2) is 5.83. The van der Waals surface area contributed by atoms with Gasteiger partial charge in [0, 0.05) is 19.3 Å². The monoisotopic (exact) mass is 244 g/mol. The van der Waals surface area contributed by atoms with Gasteiger partial charge < -0.3 is 5.11 Å². The molecule has 96 valence electrons. The summed E-state index contributed by atoms with van der Waals surface area (Å²) in [5, 5.41) is 13.9. The van der Waals surface area contributed by atoms with E-state index in [0.717, 1.165) is 18.5 Å². The zero-order valence-corrected chi connectivity index (χ0v) is 11.0. The first kappa shape index (κ1) is 12.8. The van der Waals surface area contributed by atoms with E-state index in [9.17, 15) is 5.11 Å². The highest BCUT2D eigenvalue weighted by Crippen LogP contribution is 2.14. The second-order valence-corrected chi connectivity index (χ2v) is 4.84. The molecule has 0 aliphatic rings. The standard InChI is InChI=1S/C15H20N2O/c1-12-8-15(17(2)16-12)10-14(11-18)9-13-6-4-3-5-7-13/h3-8,14,18H,9-11H2,1-2H3. The first-order chi connectivity index (χ1) is 8.69. The van der Waals surface area contributed by atoms with E-state index in [4.69, 9.17) is 0 Å². The minimum Gasteiger partial charge on any atom is -0.396 e. The van der Waals surface area contributed by atoms with Crippen LogP contribution >= 0.6 is 0 Å². The van der Waals surface area contributed by atoms with Crippen LogP contribution in [0.15, 0.2) is 36.4 Å². The number of rotatable bonds is 5. The Balaban J connectivity index is 2.04. The second-order valence-electron chi connectivity index (χ2n) is 4.84. The van der Waals surface area contributed by atoms with Crippen LogP contribution in [0.5, 0.6) is 0 Å². The maximum absolute atomic E-state index is 9.52. The zero-order valence-electron chi connectivity index (χ0n) is 11.0. The molecule has 1 heterocycles. The van der Waals surface area contributed by atoms with Gasteiger partial charge in [0.1, 0.15) is 0 Å². The molecule has 1 unspecified atom stereocenters. The molecule has 0 aliphatic carbocycles. The van der Waals surface area contributed by atoms with E-state index in [1.165, 1.54) is 11.3 Å². The van der Waals surface area contributed by atoms with Crippen LogP contribution in [0.3, 0.4) is 0 Å². The van der Waals surface area contributed by atoms with Crippen molar-refractivity contribution < 1.29 is 5.11 Å². The van der Waals surface area contributed by atoms with E-state index < -0.39 is 0 Å². The van der Waals surface area contributed by atoms with Crippen molar-refractivity contribution >= 4 is 0 Å². The van der Waals surface area contributed by atoms with Crippen molar-refractivity contribution in [2.45, 2.75) is 19.8 Å². The van der Waals surface area contributed by atoms with Gasteiger partial charge in [0.2, 0.25) is 0 Å². The van der Waals surface area contributed by atoms with Crippen molar-refractivity contribution in [1.29, 1.82) is 0 Å². The van der Waals surface area contributed by atoms with E-state index in [0.29, 0.717) is 0 Å². The van der Waals surface area contributed by atoms with E-state index in [1.54, 1.807) is 0 Å². The summed E-state index contributed by atoms with van der Waals surface area (Å²) in [6.45, 7) is 2.20. The lowest BCUT2D eigenvalue weighted by Crippen LogP contribution is -2.15. The first-order valence-electron chi connectivity index (χ1n) is 6.33. The molecule has 2 aromatic rings.